The zero-order chi connectivity index (χ0) is 21.9. The summed E-state index contributed by atoms with van der Waals surface area (Å²) in [6, 6.07) is 2.75. The summed E-state index contributed by atoms with van der Waals surface area (Å²) in [6.45, 7) is 5.34. The minimum absolute atomic E-state index is 0.213. The summed E-state index contributed by atoms with van der Waals surface area (Å²) in [6.07, 6.45) is 1.50. The Bertz CT molecular complexity index is 764. The van der Waals surface area contributed by atoms with E-state index in [0.29, 0.717) is 67.8 Å². The lowest BCUT2D eigenvalue weighted by molar-refractivity contribution is -0.123. The maximum atomic E-state index is 13.7. The number of amides is 1. The molecule has 30 heavy (non-hydrogen) atoms. The lowest BCUT2D eigenvalue weighted by Crippen LogP contribution is -2.33. The molecule has 1 N–H and O–H groups in total. The fourth-order valence-corrected chi connectivity index (χ4v) is 3.21. The Labute approximate surface area is 188 Å². The van der Waals surface area contributed by atoms with Gasteiger partial charge in [0.2, 0.25) is 0 Å². The number of hydrogen-bond acceptors (Lipinski definition) is 7. The van der Waals surface area contributed by atoms with E-state index in [1.807, 2.05) is 22.6 Å². The molecule has 1 aromatic rings. The number of aliphatic imine (C=N–C) groups is 1. The van der Waals surface area contributed by atoms with Gasteiger partial charge < -0.3 is 24.1 Å². The topological polar surface area (TPSA) is 89.8 Å². The van der Waals surface area contributed by atoms with E-state index in [1.54, 1.807) is 20.1 Å². The molecule has 166 valence electrons. The van der Waals surface area contributed by atoms with Crippen molar-refractivity contribution in [1.82, 2.24) is 4.90 Å². The first-order chi connectivity index (χ1) is 14.4. The summed E-state index contributed by atoms with van der Waals surface area (Å²) in [5, 5.41) is 9.52. The zero-order valence-corrected chi connectivity index (χ0v) is 19.2. The molecule has 0 bridgehead atoms. The second-order valence-electron chi connectivity index (χ2n) is 6.31. The van der Waals surface area contributed by atoms with Crippen LogP contribution in [-0.2, 0) is 23.7 Å². The maximum Gasteiger partial charge on any atom is 0.277 e. The molecule has 10 heteroatoms. The molecule has 0 saturated heterocycles. The average molecular weight is 536 g/mol. The predicted octanol–water partition coefficient (Wildman–Crippen LogP) is 2.43. The molecule has 1 heterocycles. The summed E-state index contributed by atoms with van der Waals surface area (Å²) in [5.74, 6) is -0.872. The highest BCUT2D eigenvalue weighted by atomic mass is 127. The van der Waals surface area contributed by atoms with Gasteiger partial charge in [-0.25, -0.2) is 9.38 Å². The van der Waals surface area contributed by atoms with Crippen molar-refractivity contribution in [2.45, 2.75) is 6.92 Å². The number of ether oxygens (including phenoxy) is 4. The highest BCUT2D eigenvalue weighted by Crippen LogP contribution is 2.27. The van der Waals surface area contributed by atoms with Crippen LogP contribution in [-0.4, -0.2) is 81.7 Å². The molecule has 0 radical (unpaired) electrons. The van der Waals surface area contributed by atoms with Crippen LogP contribution in [0.25, 0.3) is 6.08 Å². The normalized spacial score (nSPS) is 15.3. The first-order valence-corrected chi connectivity index (χ1v) is 10.5. The summed E-state index contributed by atoms with van der Waals surface area (Å²) in [4.78, 5) is 18.3. The minimum Gasteiger partial charge on any atom is -0.504 e. The number of benzene rings is 1. The maximum absolute atomic E-state index is 13.7. The van der Waals surface area contributed by atoms with E-state index in [4.69, 9.17) is 18.9 Å². The van der Waals surface area contributed by atoms with E-state index in [1.165, 1.54) is 11.0 Å². The van der Waals surface area contributed by atoms with Crippen LogP contribution in [0.15, 0.2) is 22.8 Å². The molecule has 1 aliphatic heterocycles. The predicted molar refractivity (Wildman–Crippen MR) is 118 cm³/mol. The van der Waals surface area contributed by atoms with Gasteiger partial charge in [0.1, 0.15) is 11.5 Å². The summed E-state index contributed by atoms with van der Waals surface area (Å²) in [7, 11) is 1.62. The van der Waals surface area contributed by atoms with Crippen LogP contribution in [0.1, 0.15) is 12.5 Å². The lowest BCUT2D eigenvalue weighted by Gasteiger charge is -2.15. The minimum atomic E-state index is -0.742. The van der Waals surface area contributed by atoms with Gasteiger partial charge in [-0.05, 0) is 53.3 Å². The van der Waals surface area contributed by atoms with Crippen molar-refractivity contribution in [3.63, 3.8) is 0 Å². The number of amidine groups is 1. The number of carbonyl (C=O) groups is 1. The van der Waals surface area contributed by atoms with Crippen molar-refractivity contribution >= 4 is 40.4 Å². The Hall–Kier alpha value is -1.60. The monoisotopic (exact) mass is 536 g/mol. The van der Waals surface area contributed by atoms with Gasteiger partial charge in [-0.2, -0.15) is 0 Å². The third kappa shape index (κ3) is 7.58. The molecular weight excluding hydrogens is 510 g/mol. The molecular formula is C20H26FIN2O6. The average Bonchev–Trinajstić information content (AvgIpc) is 2.97. The molecule has 0 aliphatic carbocycles. The Morgan fingerprint density at radius 1 is 1.10 bits per heavy atom. The Morgan fingerprint density at radius 2 is 1.70 bits per heavy atom. The fourth-order valence-electron chi connectivity index (χ4n) is 2.59. The first kappa shape index (κ1) is 24.7. The van der Waals surface area contributed by atoms with Gasteiger partial charge in [0.25, 0.3) is 5.91 Å². The van der Waals surface area contributed by atoms with Gasteiger partial charge in [0.05, 0.1) is 56.4 Å². The van der Waals surface area contributed by atoms with E-state index in [-0.39, 0.29) is 11.6 Å². The van der Waals surface area contributed by atoms with Crippen LogP contribution in [0.5, 0.6) is 5.75 Å². The van der Waals surface area contributed by atoms with Gasteiger partial charge in [-0.3, -0.25) is 9.69 Å². The van der Waals surface area contributed by atoms with Gasteiger partial charge in [0.15, 0.2) is 11.6 Å². The molecule has 1 aromatic carbocycles. The molecule has 0 fully saturated rings. The Balaban J connectivity index is 1.71. The number of methoxy groups -OCH3 is 1. The first-order valence-electron chi connectivity index (χ1n) is 9.43. The number of phenols is 1. The van der Waals surface area contributed by atoms with Gasteiger partial charge >= 0.3 is 0 Å². The van der Waals surface area contributed by atoms with Crippen LogP contribution in [0.2, 0.25) is 0 Å². The van der Waals surface area contributed by atoms with Crippen LogP contribution >= 0.6 is 22.6 Å². The lowest BCUT2D eigenvalue weighted by atomic mass is 10.1. The number of halogens is 2. The molecule has 0 unspecified atom stereocenters. The van der Waals surface area contributed by atoms with Gasteiger partial charge in [-0.15, -0.1) is 0 Å². The van der Waals surface area contributed by atoms with E-state index >= 15 is 0 Å². The molecule has 0 spiro atoms. The second kappa shape index (κ2) is 13.0. The molecule has 8 nitrogen and oxygen atoms in total. The highest BCUT2D eigenvalue weighted by molar-refractivity contribution is 14.1. The van der Waals surface area contributed by atoms with Crippen LogP contribution in [0.3, 0.4) is 0 Å². The van der Waals surface area contributed by atoms with Crippen LogP contribution in [0, 0.1) is 9.39 Å². The summed E-state index contributed by atoms with van der Waals surface area (Å²) in [5.41, 5.74) is 0.668. The van der Waals surface area contributed by atoms with Crippen molar-refractivity contribution in [3.8, 4) is 5.75 Å². The second-order valence-corrected chi connectivity index (χ2v) is 7.47. The third-order valence-corrected chi connectivity index (χ3v) is 4.94. The van der Waals surface area contributed by atoms with Gasteiger partial charge in [0, 0.05) is 7.11 Å². The van der Waals surface area contributed by atoms with Gasteiger partial charge in [-0.1, -0.05) is 0 Å². The van der Waals surface area contributed by atoms with Crippen molar-refractivity contribution in [1.29, 1.82) is 0 Å². The number of carbonyl (C=O) groups excluding carboxylic acids is 1. The molecule has 2 rings (SSSR count). The highest BCUT2D eigenvalue weighted by Gasteiger charge is 2.27. The standard InChI is InChI=1S/C20H26FIN2O6/c1-14-23-18(13-15-11-16(21)19(25)17(22)12-15)20(26)24(14)3-4-28-7-8-30-10-9-29-6-5-27-2/h11-13,25H,3-10H2,1-2H3/b18-13-. The third-order valence-electron chi connectivity index (χ3n) is 4.11. The number of phenolic OH excluding ortho intramolecular Hbond substituents is 1. The van der Waals surface area contributed by atoms with Crippen molar-refractivity contribution < 1.29 is 33.2 Å². The van der Waals surface area contributed by atoms with Crippen LogP contribution < -0.4 is 0 Å². The molecule has 0 aromatic heterocycles. The van der Waals surface area contributed by atoms with Crippen molar-refractivity contribution in [2.24, 2.45) is 4.99 Å². The van der Waals surface area contributed by atoms with Crippen molar-refractivity contribution in [3.05, 3.63) is 32.8 Å². The molecule has 0 atom stereocenters. The van der Waals surface area contributed by atoms with E-state index in [2.05, 4.69) is 4.99 Å². The fraction of sp³-hybridized carbons (Fsp3) is 0.500. The zero-order valence-electron chi connectivity index (χ0n) is 17.0. The van der Waals surface area contributed by atoms with E-state index < -0.39 is 11.6 Å². The van der Waals surface area contributed by atoms with E-state index in [9.17, 15) is 14.3 Å². The van der Waals surface area contributed by atoms with E-state index in [0.717, 1.165) is 6.07 Å². The number of aromatic hydroxyl groups is 1. The van der Waals surface area contributed by atoms with Crippen LogP contribution in [0.4, 0.5) is 4.39 Å². The largest absolute Gasteiger partial charge is 0.504 e. The number of rotatable bonds is 13. The number of hydrogen-bond donors (Lipinski definition) is 1. The summed E-state index contributed by atoms with van der Waals surface area (Å²) < 4.78 is 35.1. The molecule has 1 amide bonds. The quantitative estimate of drug-likeness (QED) is 0.237. The Morgan fingerprint density at radius 3 is 2.30 bits per heavy atom. The smallest absolute Gasteiger partial charge is 0.277 e. The number of nitrogens with zero attached hydrogens (tertiary/aromatic N) is 2. The SMILES string of the molecule is COCCOCCOCCOCCN1C(=O)/C(=C/c2cc(F)c(O)c(I)c2)N=C1C. The van der Waals surface area contributed by atoms with Crippen molar-refractivity contribution in [2.75, 3.05) is 59.9 Å². The molecule has 1 aliphatic rings. The molecule has 0 saturated carbocycles. The summed E-state index contributed by atoms with van der Waals surface area (Å²) >= 11 is 1.83. The Kier molecular flexibility index (Phi) is 10.6.